The monoisotopic (exact) mass is 241 g/mol. The number of non-ortho nitro benzene ring substituents is 1. The molecule has 0 bridgehead atoms. The Balaban J connectivity index is 3.26. The minimum absolute atomic E-state index is 0.0596. The predicted octanol–water partition coefficient (Wildman–Crippen LogP) is 2.28. The quantitative estimate of drug-likeness (QED) is 0.351. The smallest absolute Gasteiger partial charge is 0.270 e. The zero-order valence-electron chi connectivity index (χ0n) is 8.34. The van der Waals surface area contributed by atoms with Crippen molar-refractivity contribution in [2.75, 3.05) is 0 Å². The molecule has 16 heavy (non-hydrogen) atoms. The number of carbonyl (C=O) groups is 2. The Morgan fingerprint density at radius 1 is 1.56 bits per heavy atom. The molecular weight excluding hydrogens is 234 g/mol. The van der Waals surface area contributed by atoms with Gasteiger partial charge in [0.15, 0.2) is 12.1 Å². The van der Waals surface area contributed by atoms with Crippen LogP contribution in [-0.4, -0.2) is 17.0 Å². The average Bonchev–Trinajstić information content (AvgIpc) is 2.26. The molecule has 0 aliphatic carbocycles. The van der Waals surface area contributed by atoms with Gasteiger partial charge in [-0.15, -0.1) is 11.6 Å². The summed E-state index contributed by atoms with van der Waals surface area (Å²) in [7, 11) is 0. The van der Waals surface area contributed by atoms with E-state index in [9.17, 15) is 19.7 Å². The van der Waals surface area contributed by atoms with E-state index >= 15 is 0 Å². The van der Waals surface area contributed by atoms with Crippen molar-refractivity contribution in [1.29, 1.82) is 0 Å². The molecule has 1 aromatic carbocycles. The fourth-order valence-corrected chi connectivity index (χ4v) is 1.43. The average molecular weight is 242 g/mol. The highest BCUT2D eigenvalue weighted by Crippen LogP contribution is 2.27. The number of aldehydes is 1. The summed E-state index contributed by atoms with van der Waals surface area (Å²) in [5.41, 5.74) is 0.137. The molecule has 84 valence electrons. The number of hydrogen-bond donors (Lipinski definition) is 0. The van der Waals surface area contributed by atoms with Gasteiger partial charge in [0.25, 0.3) is 5.69 Å². The van der Waals surface area contributed by atoms with Crippen molar-refractivity contribution in [1.82, 2.24) is 0 Å². The number of Topliss-reactive ketones (excluding diaryl/α,β-unsaturated/α-hetero) is 1. The molecule has 0 aliphatic rings. The maximum atomic E-state index is 11.0. The van der Waals surface area contributed by atoms with E-state index in [0.29, 0.717) is 6.29 Å². The number of benzene rings is 1. The molecule has 0 saturated carbocycles. The molecule has 0 heterocycles. The van der Waals surface area contributed by atoms with Crippen LogP contribution in [0.5, 0.6) is 0 Å². The zero-order valence-corrected chi connectivity index (χ0v) is 9.10. The second-order valence-corrected chi connectivity index (χ2v) is 3.60. The van der Waals surface area contributed by atoms with E-state index in [1.54, 1.807) is 0 Å². The molecule has 1 atom stereocenters. The molecule has 0 fully saturated rings. The van der Waals surface area contributed by atoms with Crippen LogP contribution >= 0.6 is 11.6 Å². The molecule has 0 radical (unpaired) electrons. The molecular formula is C10H8ClNO4. The fraction of sp³-hybridized carbons (Fsp3) is 0.200. The summed E-state index contributed by atoms with van der Waals surface area (Å²) < 4.78 is 0. The second kappa shape index (κ2) is 4.85. The maximum Gasteiger partial charge on any atom is 0.270 e. The first-order valence-electron chi connectivity index (χ1n) is 4.35. The molecule has 1 unspecified atom stereocenters. The van der Waals surface area contributed by atoms with Gasteiger partial charge in [-0.25, -0.2) is 0 Å². The van der Waals surface area contributed by atoms with Crippen LogP contribution in [0.1, 0.15) is 28.2 Å². The van der Waals surface area contributed by atoms with E-state index in [2.05, 4.69) is 0 Å². The minimum atomic E-state index is -0.957. The van der Waals surface area contributed by atoms with E-state index in [0.717, 1.165) is 6.07 Å². The SMILES string of the molecule is CC(=O)C(Cl)c1ccc([N+](=O)[O-])cc1C=O. The minimum Gasteiger partial charge on any atom is -0.298 e. The van der Waals surface area contributed by atoms with Crippen LogP contribution in [0.2, 0.25) is 0 Å². The highest BCUT2D eigenvalue weighted by molar-refractivity contribution is 6.31. The molecule has 0 N–H and O–H groups in total. The lowest BCUT2D eigenvalue weighted by molar-refractivity contribution is -0.384. The van der Waals surface area contributed by atoms with Crippen molar-refractivity contribution in [2.45, 2.75) is 12.3 Å². The van der Waals surface area contributed by atoms with Crippen LogP contribution < -0.4 is 0 Å². The molecule has 6 heteroatoms. The van der Waals surface area contributed by atoms with E-state index in [4.69, 9.17) is 11.6 Å². The number of hydrogen-bond acceptors (Lipinski definition) is 4. The fourth-order valence-electron chi connectivity index (χ4n) is 1.23. The lowest BCUT2D eigenvalue weighted by Gasteiger charge is -2.08. The van der Waals surface area contributed by atoms with Gasteiger partial charge in [-0.3, -0.25) is 19.7 Å². The first kappa shape index (κ1) is 12.3. The van der Waals surface area contributed by atoms with Crippen molar-refractivity contribution < 1.29 is 14.5 Å². The number of alkyl halides is 1. The van der Waals surface area contributed by atoms with Gasteiger partial charge < -0.3 is 0 Å². The number of nitro groups is 1. The third-order valence-corrected chi connectivity index (χ3v) is 2.58. The Morgan fingerprint density at radius 3 is 2.62 bits per heavy atom. The van der Waals surface area contributed by atoms with E-state index in [-0.39, 0.29) is 22.6 Å². The Morgan fingerprint density at radius 2 is 2.19 bits per heavy atom. The Bertz CT molecular complexity index is 458. The number of ketones is 1. The highest BCUT2D eigenvalue weighted by Gasteiger charge is 2.19. The molecule has 1 aromatic rings. The largest absolute Gasteiger partial charge is 0.298 e. The van der Waals surface area contributed by atoms with Crippen molar-refractivity contribution >= 4 is 29.4 Å². The van der Waals surface area contributed by atoms with E-state index in [1.807, 2.05) is 0 Å². The summed E-state index contributed by atoms with van der Waals surface area (Å²) in [6, 6.07) is 3.63. The molecule has 0 aliphatic heterocycles. The third kappa shape index (κ3) is 2.43. The summed E-state index contributed by atoms with van der Waals surface area (Å²) in [5, 5.41) is 9.52. The summed E-state index contributed by atoms with van der Waals surface area (Å²) in [6.45, 7) is 1.29. The number of nitro benzene ring substituents is 1. The maximum absolute atomic E-state index is 11.0. The third-order valence-electron chi connectivity index (χ3n) is 2.04. The molecule has 5 nitrogen and oxygen atoms in total. The van der Waals surface area contributed by atoms with Crippen molar-refractivity contribution in [3.63, 3.8) is 0 Å². The first-order chi connectivity index (χ1) is 7.47. The van der Waals surface area contributed by atoms with E-state index < -0.39 is 10.3 Å². The number of nitrogens with zero attached hydrogens (tertiary/aromatic N) is 1. The summed E-state index contributed by atoms with van der Waals surface area (Å²) >= 11 is 5.78. The summed E-state index contributed by atoms with van der Waals surface area (Å²) in [5.74, 6) is -0.321. The van der Waals surface area contributed by atoms with Gasteiger partial charge in [0.05, 0.1) is 4.92 Å². The van der Waals surface area contributed by atoms with Crippen LogP contribution in [0.15, 0.2) is 18.2 Å². The van der Waals surface area contributed by atoms with Gasteiger partial charge in [-0.05, 0) is 18.6 Å². The summed E-state index contributed by atoms with van der Waals surface area (Å²) in [4.78, 5) is 31.6. The van der Waals surface area contributed by atoms with Crippen LogP contribution in [0.4, 0.5) is 5.69 Å². The first-order valence-corrected chi connectivity index (χ1v) is 4.79. The van der Waals surface area contributed by atoms with Gasteiger partial charge in [0.1, 0.15) is 5.38 Å². The zero-order chi connectivity index (χ0) is 12.3. The molecule has 0 amide bonds. The van der Waals surface area contributed by atoms with Crippen LogP contribution in [0, 0.1) is 10.1 Å². The highest BCUT2D eigenvalue weighted by atomic mass is 35.5. The lowest BCUT2D eigenvalue weighted by Crippen LogP contribution is -2.05. The molecule has 0 aromatic heterocycles. The Labute approximate surface area is 96.2 Å². The van der Waals surface area contributed by atoms with Gasteiger partial charge in [-0.2, -0.15) is 0 Å². The normalized spacial score (nSPS) is 11.9. The lowest BCUT2D eigenvalue weighted by atomic mass is 10.0. The molecule has 0 spiro atoms. The molecule has 0 saturated heterocycles. The van der Waals surface area contributed by atoms with Crippen molar-refractivity contribution in [3.05, 3.63) is 39.4 Å². The van der Waals surface area contributed by atoms with Gasteiger partial charge >= 0.3 is 0 Å². The van der Waals surface area contributed by atoms with Gasteiger partial charge in [-0.1, -0.05) is 0 Å². The molecule has 1 rings (SSSR count). The Kier molecular flexibility index (Phi) is 3.73. The van der Waals surface area contributed by atoms with Crippen LogP contribution in [0.25, 0.3) is 0 Å². The van der Waals surface area contributed by atoms with Gasteiger partial charge in [0.2, 0.25) is 0 Å². The van der Waals surface area contributed by atoms with Crippen LogP contribution in [-0.2, 0) is 4.79 Å². The van der Waals surface area contributed by atoms with Crippen LogP contribution in [0.3, 0.4) is 0 Å². The van der Waals surface area contributed by atoms with Gasteiger partial charge in [0, 0.05) is 17.7 Å². The van der Waals surface area contributed by atoms with E-state index in [1.165, 1.54) is 19.1 Å². The Hall–Kier alpha value is -1.75. The standard InChI is InChI=1S/C10H8ClNO4/c1-6(14)10(11)9-3-2-8(12(15)16)4-7(9)5-13/h2-5,10H,1H3. The van der Waals surface area contributed by atoms with Crippen molar-refractivity contribution in [2.24, 2.45) is 0 Å². The predicted molar refractivity (Wildman–Crippen MR) is 57.8 cm³/mol. The second-order valence-electron chi connectivity index (χ2n) is 3.16. The number of halogens is 1. The van der Waals surface area contributed by atoms with Crippen molar-refractivity contribution in [3.8, 4) is 0 Å². The number of rotatable bonds is 4. The summed E-state index contributed by atoms with van der Waals surface area (Å²) in [6.07, 6.45) is 0.445. The topological polar surface area (TPSA) is 77.3 Å². The number of carbonyl (C=O) groups excluding carboxylic acids is 2.